The van der Waals surface area contributed by atoms with Crippen LogP contribution in [0.15, 0.2) is 24.4 Å². The van der Waals surface area contributed by atoms with Crippen LogP contribution in [-0.2, 0) is 0 Å². The van der Waals surface area contributed by atoms with E-state index >= 15 is 0 Å². The zero-order valence-corrected chi connectivity index (χ0v) is 9.83. The van der Waals surface area contributed by atoms with Crippen LogP contribution < -0.4 is 0 Å². The number of rotatable bonds is 1. The molecule has 0 radical (unpaired) electrons. The van der Waals surface area contributed by atoms with Gasteiger partial charge in [-0.1, -0.05) is 26.0 Å². The number of fused-ring (bicyclic) bond motifs is 1. The van der Waals surface area contributed by atoms with Crippen LogP contribution in [0.1, 0.15) is 36.5 Å². The number of hydrogen-bond donors (Lipinski definition) is 0. The fourth-order valence-electron chi connectivity index (χ4n) is 2.16. The molecule has 2 rings (SSSR count). The van der Waals surface area contributed by atoms with Gasteiger partial charge in [0.05, 0.1) is 5.52 Å². The Bertz CT molecular complexity index is 498. The Morgan fingerprint density at radius 3 is 2.53 bits per heavy atom. The first-order valence-electron chi connectivity index (χ1n) is 5.45. The van der Waals surface area contributed by atoms with Gasteiger partial charge in [0, 0.05) is 11.6 Å². The van der Waals surface area contributed by atoms with E-state index < -0.39 is 0 Å². The third-order valence-corrected chi connectivity index (χ3v) is 2.82. The van der Waals surface area contributed by atoms with Gasteiger partial charge in [0.15, 0.2) is 0 Å². The highest BCUT2D eigenvalue weighted by molar-refractivity contribution is 5.83. The number of benzene rings is 1. The van der Waals surface area contributed by atoms with Crippen molar-refractivity contribution in [1.29, 1.82) is 0 Å². The van der Waals surface area contributed by atoms with E-state index in [1.54, 1.807) is 0 Å². The van der Waals surface area contributed by atoms with Gasteiger partial charge in [-0.25, -0.2) is 0 Å². The number of hydrogen-bond acceptors (Lipinski definition) is 1. The van der Waals surface area contributed by atoms with E-state index in [0.717, 1.165) is 5.52 Å². The molecule has 1 heteroatoms. The van der Waals surface area contributed by atoms with Crippen LogP contribution in [0.5, 0.6) is 0 Å². The fourth-order valence-corrected chi connectivity index (χ4v) is 2.16. The Morgan fingerprint density at radius 1 is 1.13 bits per heavy atom. The van der Waals surface area contributed by atoms with Gasteiger partial charge < -0.3 is 0 Å². The highest BCUT2D eigenvalue weighted by Gasteiger charge is 2.09. The molecule has 0 aliphatic rings. The molecule has 0 saturated heterocycles. The summed E-state index contributed by atoms with van der Waals surface area (Å²) >= 11 is 0. The lowest BCUT2D eigenvalue weighted by molar-refractivity contribution is 0.863. The molecule has 0 N–H and O–H groups in total. The van der Waals surface area contributed by atoms with Gasteiger partial charge >= 0.3 is 0 Å². The van der Waals surface area contributed by atoms with Crippen molar-refractivity contribution >= 4 is 10.9 Å². The first kappa shape index (κ1) is 10.2. The Hall–Kier alpha value is -1.37. The smallest absolute Gasteiger partial charge is 0.0739 e. The van der Waals surface area contributed by atoms with E-state index in [9.17, 15) is 0 Å². The Kier molecular flexibility index (Phi) is 2.47. The van der Waals surface area contributed by atoms with Crippen LogP contribution in [0.2, 0.25) is 0 Å². The largest absolute Gasteiger partial charge is 0.256 e. The first-order valence-corrected chi connectivity index (χ1v) is 5.45. The maximum Gasteiger partial charge on any atom is 0.0739 e. The molecule has 1 heterocycles. The van der Waals surface area contributed by atoms with Crippen molar-refractivity contribution < 1.29 is 0 Å². The lowest BCUT2D eigenvalue weighted by atomic mass is 9.94. The minimum absolute atomic E-state index is 0.531. The summed E-state index contributed by atoms with van der Waals surface area (Å²) in [5, 5.41) is 1.25. The third kappa shape index (κ3) is 1.74. The number of nitrogens with zero attached hydrogens (tertiary/aromatic N) is 1. The van der Waals surface area contributed by atoms with Crippen molar-refractivity contribution in [3.05, 3.63) is 41.1 Å². The fraction of sp³-hybridized carbons (Fsp3) is 0.357. The van der Waals surface area contributed by atoms with Crippen molar-refractivity contribution in [3.63, 3.8) is 0 Å². The predicted octanol–water partition coefficient (Wildman–Crippen LogP) is 3.98. The molecule has 0 bridgehead atoms. The van der Waals surface area contributed by atoms with Crippen LogP contribution in [0.3, 0.4) is 0 Å². The van der Waals surface area contributed by atoms with Gasteiger partial charge in [-0.05, 0) is 42.5 Å². The van der Waals surface area contributed by atoms with Gasteiger partial charge in [-0.3, -0.25) is 4.98 Å². The number of aryl methyl sites for hydroxylation is 2. The molecular weight excluding hydrogens is 182 g/mol. The maximum atomic E-state index is 4.56. The molecule has 15 heavy (non-hydrogen) atoms. The van der Waals surface area contributed by atoms with E-state index in [1.165, 1.54) is 22.1 Å². The molecule has 1 aromatic heterocycles. The summed E-state index contributed by atoms with van der Waals surface area (Å²) in [5.74, 6) is 0.531. The highest BCUT2D eigenvalue weighted by atomic mass is 14.7. The van der Waals surface area contributed by atoms with Crippen LogP contribution in [0.4, 0.5) is 0 Å². The standard InChI is InChI=1S/C14H17N/c1-9(2)13-11(4)5-6-12-7-10(3)8-15-14(12)13/h5-9H,1-4H3. The molecule has 0 fully saturated rings. The second kappa shape index (κ2) is 3.65. The summed E-state index contributed by atoms with van der Waals surface area (Å²) in [7, 11) is 0. The highest BCUT2D eigenvalue weighted by Crippen LogP contribution is 2.27. The van der Waals surface area contributed by atoms with E-state index in [-0.39, 0.29) is 0 Å². The topological polar surface area (TPSA) is 12.9 Å². The zero-order chi connectivity index (χ0) is 11.0. The van der Waals surface area contributed by atoms with E-state index in [0.29, 0.717) is 5.92 Å². The van der Waals surface area contributed by atoms with Crippen molar-refractivity contribution in [2.45, 2.75) is 33.6 Å². The molecular formula is C14H17N. The lowest BCUT2D eigenvalue weighted by Gasteiger charge is -2.12. The summed E-state index contributed by atoms with van der Waals surface area (Å²) in [6.07, 6.45) is 1.95. The van der Waals surface area contributed by atoms with E-state index in [4.69, 9.17) is 0 Å². The molecule has 0 saturated carbocycles. The Morgan fingerprint density at radius 2 is 1.87 bits per heavy atom. The average Bonchev–Trinajstić information content (AvgIpc) is 2.17. The first-order chi connectivity index (χ1) is 7.09. The minimum Gasteiger partial charge on any atom is -0.256 e. The normalized spacial score (nSPS) is 11.3. The molecule has 0 spiro atoms. The van der Waals surface area contributed by atoms with Crippen LogP contribution in [0.25, 0.3) is 10.9 Å². The molecule has 1 aromatic carbocycles. The van der Waals surface area contributed by atoms with Crippen LogP contribution >= 0.6 is 0 Å². The van der Waals surface area contributed by atoms with Crippen molar-refractivity contribution in [2.75, 3.05) is 0 Å². The molecule has 0 unspecified atom stereocenters. The predicted molar refractivity (Wildman–Crippen MR) is 65.3 cm³/mol. The van der Waals surface area contributed by atoms with E-state index in [1.807, 2.05) is 6.20 Å². The third-order valence-electron chi connectivity index (χ3n) is 2.82. The quantitative estimate of drug-likeness (QED) is 0.677. The van der Waals surface area contributed by atoms with Gasteiger partial charge in [-0.15, -0.1) is 0 Å². The van der Waals surface area contributed by atoms with Crippen molar-refractivity contribution in [3.8, 4) is 0 Å². The summed E-state index contributed by atoms with van der Waals surface area (Å²) < 4.78 is 0. The average molecular weight is 199 g/mol. The summed E-state index contributed by atoms with van der Waals surface area (Å²) in [6.45, 7) is 8.70. The molecule has 0 aliphatic carbocycles. The monoisotopic (exact) mass is 199 g/mol. The second-order valence-electron chi connectivity index (χ2n) is 4.54. The van der Waals surface area contributed by atoms with Gasteiger partial charge in [0.1, 0.15) is 0 Å². The van der Waals surface area contributed by atoms with Gasteiger partial charge in [-0.2, -0.15) is 0 Å². The van der Waals surface area contributed by atoms with Crippen LogP contribution in [-0.4, -0.2) is 4.98 Å². The lowest BCUT2D eigenvalue weighted by Crippen LogP contribution is -1.96. The SMILES string of the molecule is Cc1cnc2c(C(C)C)c(C)ccc2c1. The minimum atomic E-state index is 0.531. The van der Waals surface area contributed by atoms with E-state index in [2.05, 4.69) is 50.9 Å². The number of pyridine rings is 1. The van der Waals surface area contributed by atoms with Gasteiger partial charge in [0.25, 0.3) is 0 Å². The molecule has 0 aliphatic heterocycles. The number of aromatic nitrogens is 1. The Labute approximate surface area is 91.2 Å². The molecule has 0 atom stereocenters. The molecule has 1 nitrogen and oxygen atoms in total. The second-order valence-corrected chi connectivity index (χ2v) is 4.54. The molecule has 78 valence electrons. The summed E-state index contributed by atoms with van der Waals surface area (Å²) in [5.41, 5.74) is 5.11. The zero-order valence-electron chi connectivity index (χ0n) is 9.83. The summed E-state index contributed by atoms with van der Waals surface area (Å²) in [6, 6.07) is 6.56. The maximum absolute atomic E-state index is 4.56. The van der Waals surface area contributed by atoms with Gasteiger partial charge in [0.2, 0.25) is 0 Å². The van der Waals surface area contributed by atoms with Crippen molar-refractivity contribution in [1.82, 2.24) is 4.98 Å². The summed E-state index contributed by atoms with van der Waals surface area (Å²) in [4.78, 5) is 4.56. The van der Waals surface area contributed by atoms with Crippen molar-refractivity contribution in [2.24, 2.45) is 0 Å². The van der Waals surface area contributed by atoms with Crippen LogP contribution in [0, 0.1) is 13.8 Å². The Balaban J connectivity index is 2.82. The molecule has 2 aromatic rings. The molecule has 0 amide bonds.